The number of hydrogen-bond acceptors (Lipinski definition) is 2. The molecule has 0 spiro atoms. The predicted octanol–water partition coefficient (Wildman–Crippen LogP) is 3.97. The third-order valence-corrected chi connectivity index (χ3v) is 2.83. The van der Waals surface area contributed by atoms with Crippen molar-refractivity contribution in [2.45, 2.75) is 6.92 Å². The summed E-state index contributed by atoms with van der Waals surface area (Å²) in [6, 6.07) is 8.90. The smallest absolute Gasteiger partial charge is 0.661 e. The van der Waals surface area contributed by atoms with E-state index in [-0.39, 0.29) is 25.9 Å². The molecule has 6 heteroatoms. The molecule has 2 N–H and O–H groups in total. The summed E-state index contributed by atoms with van der Waals surface area (Å²) in [7, 11) is 2.75. The van der Waals surface area contributed by atoms with Crippen LogP contribution in [0.15, 0.2) is 45.5 Å². The molecule has 0 unspecified atom stereocenters. The number of ketones is 1. The van der Waals surface area contributed by atoms with Crippen molar-refractivity contribution in [2.75, 3.05) is 0 Å². The minimum atomic E-state index is -0.0676. The zero-order valence-electron chi connectivity index (χ0n) is 10.9. The minimum Gasteiger partial charge on any atom is -0.661 e. The van der Waals surface area contributed by atoms with Crippen LogP contribution in [0.25, 0.3) is 0 Å². The molecule has 0 atom stereocenters. The van der Waals surface area contributed by atoms with E-state index in [9.17, 15) is 4.79 Å². The van der Waals surface area contributed by atoms with Crippen LogP contribution in [0.5, 0.6) is 0 Å². The van der Waals surface area contributed by atoms with Crippen molar-refractivity contribution < 1.29 is 24.9 Å². The van der Waals surface area contributed by atoms with E-state index < -0.39 is 0 Å². The zero-order chi connectivity index (χ0) is 14.8. The second kappa shape index (κ2) is 12.5. The van der Waals surface area contributed by atoms with Crippen LogP contribution < -0.4 is 10.7 Å². The molecule has 2 rings (SSSR count). The molecule has 1 aromatic heterocycles. The van der Waals surface area contributed by atoms with Gasteiger partial charge < -0.3 is 17.6 Å². The molecule has 0 aliphatic heterocycles. The van der Waals surface area contributed by atoms with Gasteiger partial charge in [-0.25, -0.2) is 0 Å². The summed E-state index contributed by atoms with van der Waals surface area (Å²) >= 11 is 6.68. The number of benzene rings is 1. The van der Waals surface area contributed by atoms with Gasteiger partial charge in [0.2, 0.25) is 0 Å². The number of rotatable bonds is 2. The van der Waals surface area contributed by atoms with Gasteiger partial charge in [-0.3, -0.25) is 11.8 Å². The number of halogens is 2. The Hall–Kier alpha value is -0.261. The molecular formula is C14H15Br2IrN2O. The quantitative estimate of drug-likeness (QED) is 0.433. The van der Waals surface area contributed by atoms with Crippen molar-refractivity contribution in [1.82, 2.24) is 4.98 Å². The number of hydrogen-bond donors (Lipinski definition) is 1. The molecule has 1 heterocycles. The van der Waals surface area contributed by atoms with Crippen LogP contribution in [-0.2, 0) is 20.1 Å². The van der Waals surface area contributed by atoms with Gasteiger partial charge in [0.15, 0.2) is 5.78 Å². The molecule has 0 amide bonds. The van der Waals surface area contributed by atoms with Crippen molar-refractivity contribution in [3.05, 3.63) is 70.7 Å². The van der Waals surface area contributed by atoms with Crippen molar-refractivity contribution in [3.8, 4) is 0 Å². The maximum Gasteiger partial charge on any atom is 3.00 e. The molecule has 0 fully saturated rings. The summed E-state index contributed by atoms with van der Waals surface area (Å²) in [4.78, 5) is 15.9. The molecule has 20 heavy (non-hydrogen) atoms. The van der Waals surface area contributed by atoms with Crippen LogP contribution in [0.3, 0.4) is 0 Å². The molecule has 0 radical (unpaired) electrons. The molecule has 0 bridgehead atoms. The van der Waals surface area contributed by atoms with E-state index in [0.717, 1.165) is 8.95 Å². The second-order valence-electron chi connectivity index (χ2n) is 3.01. The van der Waals surface area contributed by atoms with E-state index in [1.165, 1.54) is 0 Å². The molecule has 110 valence electrons. The van der Waals surface area contributed by atoms with Crippen LogP contribution in [0.4, 0.5) is 0 Å². The fourth-order valence-electron chi connectivity index (χ4n) is 1.27. The Morgan fingerprint density at radius 3 is 2.05 bits per heavy atom. The first-order valence-corrected chi connectivity index (χ1v) is 6.95. The summed E-state index contributed by atoms with van der Waals surface area (Å²) < 4.78 is 1.73. The monoisotopic (exact) mass is 578 g/mol. The van der Waals surface area contributed by atoms with Crippen LogP contribution in [0.1, 0.15) is 23.0 Å². The number of carbonyl (C=O) groups is 1. The molecule has 2 aromatic rings. The third kappa shape index (κ3) is 6.95. The molecule has 0 aliphatic carbocycles. The average molecular weight is 579 g/mol. The molecule has 0 saturated heterocycles. The summed E-state index contributed by atoms with van der Waals surface area (Å²) in [6.45, 7) is 5.00. The Morgan fingerprint density at radius 2 is 1.65 bits per heavy atom. The fourth-order valence-corrected chi connectivity index (χ4v) is 2.56. The van der Waals surface area contributed by atoms with E-state index in [1.54, 1.807) is 37.4 Å². The fraction of sp³-hybridized carbons (Fsp3) is 0.0714. The first-order valence-electron chi connectivity index (χ1n) is 5.37. The van der Waals surface area contributed by atoms with Crippen molar-refractivity contribution in [1.29, 1.82) is 0 Å². The maximum atomic E-state index is 11.9. The Labute approximate surface area is 150 Å². The van der Waals surface area contributed by atoms with Gasteiger partial charge in [-0.15, -0.1) is 0 Å². The number of carbonyl (C=O) groups excluding carboxylic acids is 1. The standard InChI is InChI=1S/C11H7Br2NO.C2H5.CH4N.Ir/c12-8-4-7(5-9(13)6-8)11(15)10-2-1-3-14-10;2*1-2;/h1-6H,(H,14,15);1H2,2H3;1-2H2;/q;2*-1;+3/p-1. The second-order valence-corrected chi connectivity index (χ2v) is 4.84. The van der Waals surface area contributed by atoms with Gasteiger partial charge >= 0.3 is 20.1 Å². The first-order chi connectivity index (χ1) is 9.16. The Morgan fingerprint density at radius 1 is 1.15 bits per heavy atom. The van der Waals surface area contributed by atoms with E-state index >= 15 is 0 Å². The summed E-state index contributed by atoms with van der Waals surface area (Å²) in [5.41, 5.74) is 5.34. The molecule has 3 nitrogen and oxygen atoms in total. The number of aromatic nitrogens is 1. The van der Waals surface area contributed by atoms with Gasteiger partial charge in [0.05, 0.1) is 0 Å². The Bertz CT molecular complexity index is 482. The Kier molecular flexibility index (Phi) is 13.7. The van der Waals surface area contributed by atoms with E-state index in [4.69, 9.17) is 0 Å². The van der Waals surface area contributed by atoms with Gasteiger partial charge in [-0.2, -0.15) is 13.1 Å². The van der Waals surface area contributed by atoms with E-state index in [1.807, 2.05) is 6.07 Å². The number of nitrogens with two attached hydrogens (primary N) is 1. The summed E-state index contributed by atoms with van der Waals surface area (Å²) in [5, 5.41) is 0. The summed E-state index contributed by atoms with van der Waals surface area (Å²) in [6.07, 6.45) is 1.61. The molecular weight excluding hydrogens is 564 g/mol. The van der Waals surface area contributed by atoms with Crippen molar-refractivity contribution >= 4 is 37.6 Å². The van der Waals surface area contributed by atoms with Crippen LogP contribution in [0.2, 0.25) is 0 Å². The van der Waals surface area contributed by atoms with Crippen LogP contribution in [-0.4, -0.2) is 5.78 Å². The molecule has 1 aromatic carbocycles. The van der Waals surface area contributed by atoms with Gasteiger partial charge in [-0.05, 0) is 18.2 Å². The third-order valence-electron chi connectivity index (χ3n) is 1.91. The van der Waals surface area contributed by atoms with Gasteiger partial charge in [-0.1, -0.05) is 49.7 Å². The van der Waals surface area contributed by atoms with Crippen molar-refractivity contribution in [3.63, 3.8) is 0 Å². The normalized spacial score (nSPS) is 8.30. The minimum absolute atomic E-state index is 0. The number of nitrogens with zero attached hydrogens (tertiary/aromatic N) is 1. The topological polar surface area (TPSA) is 57.2 Å². The van der Waals surface area contributed by atoms with E-state index in [2.05, 4.69) is 56.5 Å². The summed E-state index contributed by atoms with van der Waals surface area (Å²) in [5.74, 6) is -0.0676. The van der Waals surface area contributed by atoms with Crippen LogP contribution in [0, 0.1) is 14.0 Å². The van der Waals surface area contributed by atoms with Crippen LogP contribution >= 0.6 is 31.9 Å². The van der Waals surface area contributed by atoms with Gasteiger partial charge in [0.25, 0.3) is 0 Å². The maximum absolute atomic E-state index is 11.9. The first kappa shape index (κ1) is 22.0. The molecule has 0 saturated carbocycles. The Balaban J connectivity index is 0. The zero-order valence-corrected chi connectivity index (χ0v) is 16.5. The van der Waals surface area contributed by atoms with Gasteiger partial charge in [0, 0.05) is 14.5 Å². The SMILES string of the molecule is O=C(c1cc(Br)cc(Br)c1)c1ccc[n-]1.[CH2-]C.[CH2-]N.[Ir+3]. The largest absolute Gasteiger partial charge is 3.00 e. The molecule has 0 aliphatic rings. The van der Waals surface area contributed by atoms with Crippen molar-refractivity contribution in [2.24, 2.45) is 5.73 Å². The average Bonchev–Trinajstić information content (AvgIpc) is 2.95. The van der Waals surface area contributed by atoms with E-state index in [0.29, 0.717) is 11.3 Å². The predicted molar refractivity (Wildman–Crippen MR) is 85.6 cm³/mol. The van der Waals surface area contributed by atoms with Gasteiger partial charge in [0.1, 0.15) is 0 Å².